The molecule has 2 amide bonds. The maximum Gasteiger partial charge on any atom is 0.317 e. The van der Waals surface area contributed by atoms with E-state index in [0.717, 1.165) is 45.6 Å². The Bertz CT molecular complexity index is 757. The molecule has 2 aliphatic rings. The highest BCUT2D eigenvalue weighted by atomic mass is 32.1. The van der Waals surface area contributed by atoms with Crippen LogP contribution in [0.15, 0.2) is 23.7 Å². The Labute approximate surface area is 165 Å². The number of aryl methyl sites for hydroxylation is 1. The minimum Gasteiger partial charge on any atom is -0.338 e. The Kier molecular flexibility index (Phi) is 5.78. The van der Waals surface area contributed by atoms with Crippen molar-refractivity contribution in [2.75, 3.05) is 26.2 Å². The molecular formula is C20H29N5OS. The topological polar surface area (TPSA) is 53.4 Å². The molecule has 0 aliphatic carbocycles. The van der Waals surface area contributed by atoms with Gasteiger partial charge in [0.1, 0.15) is 0 Å². The number of thiophene rings is 1. The van der Waals surface area contributed by atoms with Gasteiger partial charge in [0, 0.05) is 49.4 Å². The van der Waals surface area contributed by atoms with Crippen LogP contribution in [0, 0.1) is 5.92 Å². The third-order valence-electron chi connectivity index (χ3n) is 5.74. The molecule has 27 heavy (non-hydrogen) atoms. The molecule has 6 nitrogen and oxygen atoms in total. The second-order valence-corrected chi connectivity index (χ2v) is 8.81. The number of piperidine rings is 1. The number of aromatic nitrogens is 2. The molecule has 1 fully saturated rings. The smallest absolute Gasteiger partial charge is 0.317 e. The number of amides is 2. The summed E-state index contributed by atoms with van der Waals surface area (Å²) in [6.07, 6.45) is 6.32. The molecule has 1 unspecified atom stereocenters. The first kappa shape index (κ1) is 18.5. The summed E-state index contributed by atoms with van der Waals surface area (Å²) in [7, 11) is 1.99. The van der Waals surface area contributed by atoms with Crippen LogP contribution in [-0.4, -0.2) is 51.8 Å². The van der Waals surface area contributed by atoms with Crippen LogP contribution in [0.3, 0.4) is 0 Å². The summed E-state index contributed by atoms with van der Waals surface area (Å²) >= 11 is 1.83. The number of carbonyl (C=O) groups is 1. The van der Waals surface area contributed by atoms with Crippen LogP contribution >= 0.6 is 11.3 Å². The third-order valence-corrected chi connectivity index (χ3v) is 6.60. The number of nitrogens with zero attached hydrogens (tertiary/aromatic N) is 4. The van der Waals surface area contributed by atoms with Crippen LogP contribution < -0.4 is 5.32 Å². The fraction of sp³-hybridized carbons (Fsp3) is 0.600. The van der Waals surface area contributed by atoms with E-state index in [2.05, 4.69) is 32.8 Å². The van der Waals surface area contributed by atoms with Crippen molar-refractivity contribution < 1.29 is 4.79 Å². The van der Waals surface area contributed by atoms with Crippen molar-refractivity contribution in [3.8, 4) is 0 Å². The van der Waals surface area contributed by atoms with Gasteiger partial charge in [-0.3, -0.25) is 9.58 Å². The van der Waals surface area contributed by atoms with E-state index < -0.39 is 0 Å². The van der Waals surface area contributed by atoms with Gasteiger partial charge in [0.25, 0.3) is 0 Å². The van der Waals surface area contributed by atoms with E-state index >= 15 is 0 Å². The van der Waals surface area contributed by atoms with Gasteiger partial charge in [-0.25, -0.2) is 4.79 Å². The van der Waals surface area contributed by atoms with Gasteiger partial charge in [0.2, 0.25) is 0 Å². The van der Waals surface area contributed by atoms with Gasteiger partial charge in [-0.15, -0.1) is 11.3 Å². The first-order valence-corrected chi connectivity index (χ1v) is 10.8. The van der Waals surface area contributed by atoms with Crippen molar-refractivity contribution in [2.24, 2.45) is 13.0 Å². The molecular weight excluding hydrogens is 358 g/mol. The van der Waals surface area contributed by atoms with Crippen molar-refractivity contribution in [1.82, 2.24) is 24.9 Å². The highest BCUT2D eigenvalue weighted by Gasteiger charge is 2.24. The van der Waals surface area contributed by atoms with Gasteiger partial charge in [-0.05, 0) is 49.6 Å². The van der Waals surface area contributed by atoms with Crippen LogP contribution in [-0.2, 0) is 26.6 Å². The van der Waals surface area contributed by atoms with Crippen LogP contribution in [0.4, 0.5) is 4.79 Å². The Hall–Kier alpha value is -1.86. The zero-order valence-electron chi connectivity index (χ0n) is 16.1. The Morgan fingerprint density at radius 3 is 3.15 bits per heavy atom. The Morgan fingerprint density at radius 1 is 1.37 bits per heavy atom. The van der Waals surface area contributed by atoms with Gasteiger partial charge < -0.3 is 10.2 Å². The van der Waals surface area contributed by atoms with Crippen LogP contribution in [0.2, 0.25) is 0 Å². The molecule has 2 aliphatic heterocycles. The maximum atomic E-state index is 12.7. The zero-order valence-corrected chi connectivity index (χ0v) is 16.9. The number of hydrogen-bond acceptors (Lipinski definition) is 4. The molecule has 1 saturated heterocycles. The molecule has 146 valence electrons. The lowest BCUT2D eigenvalue weighted by atomic mass is 9.98. The number of likely N-dealkylation sites (tertiary alicyclic amines) is 1. The normalized spacial score (nSPS) is 20.9. The third kappa shape index (κ3) is 4.52. The van der Waals surface area contributed by atoms with Gasteiger partial charge in [-0.2, -0.15) is 5.10 Å². The predicted molar refractivity (Wildman–Crippen MR) is 108 cm³/mol. The lowest BCUT2D eigenvalue weighted by molar-refractivity contribution is 0.160. The van der Waals surface area contributed by atoms with Gasteiger partial charge in [0.15, 0.2) is 0 Å². The van der Waals surface area contributed by atoms with E-state index in [4.69, 9.17) is 0 Å². The molecule has 0 spiro atoms. The second kappa shape index (κ2) is 8.44. The zero-order chi connectivity index (χ0) is 18.6. The highest BCUT2D eigenvalue weighted by Crippen LogP contribution is 2.21. The van der Waals surface area contributed by atoms with Crippen molar-refractivity contribution in [1.29, 1.82) is 0 Å². The van der Waals surface area contributed by atoms with Crippen molar-refractivity contribution in [2.45, 2.75) is 38.8 Å². The SMILES string of the molecule is Cn1ncc2c1CCCN(C(=O)NCC1CCCN(Cc3cccs3)C1)C2. The summed E-state index contributed by atoms with van der Waals surface area (Å²) in [5.74, 6) is 0.545. The largest absolute Gasteiger partial charge is 0.338 e. The maximum absolute atomic E-state index is 12.7. The quantitative estimate of drug-likeness (QED) is 0.878. The lowest BCUT2D eigenvalue weighted by Gasteiger charge is -2.33. The van der Waals surface area contributed by atoms with Crippen LogP contribution in [0.5, 0.6) is 0 Å². The first-order chi connectivity index (χ1) is 13.2. The Balaban J connectivity index is 1.27. The molecule has 0 bridgehead atoms. The van der Waals surface area contributed by atoms with Crippen LogP contribution in [0.1, 0.15) is 35.4 Å². The number of fused-ring (bicyclic) bond motifs is 1. The van der Waals surface area contributed by atoms with Gasteiger partial charge >= 0.3 is 6.03 Å². The average molecular weight is 388 g/mol. The Morgan fingerprint density at radius 2 is 2.30 bits per heavy atom. The van der Waals surface area contributed by atoms with Crippen molar-refractivity contribution in [3.63, 3.8) is 0 Å². The molecule has 4 rings (SSSR count). The van der Waals surface area contributed by atoms with E-state index in [0.29, 0.717) is 12.5 Å². The summed E-state index contributed by atoms with van der Waals surface area (Å²) in [6.45, 7) is 5.54. The lowest BCUT2D eigenvalue weighted by Crippen LogP contribution is -2.45. The van der Waals surface area contributed by atoms with Gasteiger partial charge in [0.05, 0.1) is 12.7 Å². The number of urea groups is 1. The van der Waals surface area contributed by atoms with Crippen molar-refractivity contribution >= 4 is 17.4 Å². The van der Waals surface area contributed by atoms with E-state index in [9.17, 15) is 4.79 Å². The fourth-order valence-electron chi connectivity index (χ4n) is 4.29. The standard InChI is InChI=1S/C20H29N5OS/c1-23-19-7-3-9-25(14-17(19)12-22-23)20(26)21-11-16-5-2-8-24(13-16)15-18-6-4-10-27-18/h4,6,10,12,16H,2-3,5,7-9,11,13-15H2,1H3,(H,21,26). The van der Waals surface area contributed by atoms with E-state index in [1.807, 2.05) is 34.2 Å². The van der Waals surface area contributed by atoms with E-state index in [1.165, 1.54) is 29.0 Å². The summed E-state index contributed by atoms with van der Waals surface area (Å²) < 4.78 is 1.95. The molecule has 0 aromatic carbocycles. The minimum atomic E-state index is 0.0714. The minimum absolute atomic E-state index is 0.0714. The van der Waals surface area contributed by atoms with Gasteiger partial charge in [-0.1, -0.05) is 6.07 Å². The second-order valence-electron chi connectivity index (χ2n) is 7.77. The van der Waals surface area contributed by atoms with Crippen molar-refractivity contribution in [3.05, 3.63) is 39.8 Å². The molecule has 4 heterocycles. The average Bonchev–Trinajstić information content (AvgIpc) is 3.24. The summed E-state index contributed by atoms with van der Waals surface area (Å²) in [5.41, 5.74) is 2.45. The number of rotatable bonds is 4. The molecule has 1 atom stereocenters. The summed E-state index contributed by atoms with van der Waals surface area (Å²) in [5, 5.41) is 9.69. The summed E-state index contributed by atoms with van der Waals surface area (Å²) in [6, 6.07) is 4.40. The van der Waals surface area contributed by atoms with E-state index in [-0.39, 0.29) is 6.03 Å². The number of carbonyl (C=O) groups excluding carboxylic acids is 1. The molecule has 7 heteroatoms. The highest BCUT2D eigenvalue weighted by molar-refractivity contribution is 7.09. The number of nitrogens with one attached hydrogen (secondary N) is 1. The predicted octanol–water partition coefficient (Wildman–Crippen LogP) is 2.85. The number of hydrogen-bond donors (Lipinski definition) is 1. The van der Waals surface area contributed by atoms with Crippen LogP contribution in [0.25, 0.3) is 0 Å². The fourth-order valence-corrected chi connectivity index (χ4v) is 5.03. The summed E-state index contributed by atoms with van der Waals surface area (Å²) in [4.78, 5) is 18.6. The molecule has 1 N–H and O–H groups in total. The molecule has 0 saturated carbocycles. The van der Waals surface area contributed by atoms with E-state index in [1.54, 1.807) is 0 Å². The molecule has 2 aromatic heterocycles. The molecule has 0 radical (unpaired) electrons. The molecule has 2 aromatic rings. The first-order valence-electron chi connectivity index (χ1n) is 9.96. The monoisotopic (exact) mass is 387 g/mol.